The Hall–Kier alpha value is -4.86. The summed E-state index contributed by atoms with van der Waals surface area (Å²) in [6.45, 7) is 13.7. The van der Waals surface area contributed by atoms with Crippen LogP contribution in [0, 0.1) is 23.1 Å². The average molecular weight is 718 g/mol. The molecule has 0 saturated heterocycles. The monoisotopic (exact) mass is 717 g/mol. The van der Waals surface area contributed by atoms with E-state index in [-0.39, 0.29) is 11.7 Å². The Kier molecular flexibility index (Phi) is 15.1. The molecule has 52 heavy (non-hydrogen) atoms. The van der Waals surface area contributed by atoms with Gasteiger partial charge in [0, 0.05) is 28.2 Å². The molecule has 4 N–H and O–H groups in total. The summed E-state index contributed by atoms with van der Waals surface area (Å²) in [5.74, 6) is 0.0212. The van der Waals surface area contributed by atoms with Gasteiger partial charge in [0.25, 0.3) is 0 Å². The molecule has 6 rings (SSSR count). The third kappa shape index (κ3) is 10.6. The second kappa shape index (κ2) is 19.7. The van der Waals surface area contributed by atoms with Gasteiger partial charge < -0.3 is 16.4 Å². The standard InChI is InChI=1S/C38H39ClFN3.C5H9N.C2H5N/c1-3-26-10-18-33(28-13-16-31(39)17-14-28)30(21-26)12-9-27-11-19-34(35(40)22-27)37-24-43(32-7-5-4-6-8-32)38-20-15-29(25(2)41)23-36(38)42-37;1-3-5(2)4-6;1-2-3/h10-11,13-23,32H,2-9,12,24,41H2,1H3;5H,3H2,1-2H3;2H,1,3H2. The Morgan fingerprint density at radius 3 is 2.25 bits per heavy atom. The number of anilines is 1. The van der Waals surface area contributed by atoms with Gasteiger partial charge in [-0.05, 0) is 121 Å². The van der Waals surface area contributed by atoms with E-state index in [0.29, 0.717) is 23.8 Å². The maximum Gasteiger partial charge on any atom is 0.132 e. The highest BCUT2D eigenvalue weighted by Gasteiger charge is 2.29. The Balaban J connectivity index is 0.000000603. The van der Waals surface area contributed by atoms with Gasteiger partial charge in [-0.2, -0.15) is 5.26 Å². The Labute approximate surface area is 315 Å². The van der Waals surface area contributed by atoms with Gasteiger partial charge in [-0.25, -0.2) is 9.38 Å². The minimum Gasteiger partial charge on any atom is -0.405 e. The molecule has 1 aliphatic heterocycles. The van der Waals surface area contributed by atoms with Crippen LogP contribution in [0.1, 0.15) is 87.1 Å². The third-order valence-electron chi connectivity index (χ3n) is 9.84. The average Bonchev–Trinajstić information content (AvgIpc) is 3.17. The number of nitriles is 1. The van der Waals surface area contributed by atoms with Gasteiger partial charge in [0.05, 0.1) is 29.7 Å². The molecule has 1 saturated carbocycles. The summed E-state index contributed by atoms with van der Waals surface area (Å²) in [7, 11) is 0. The van der Waals surface area contributed by atoms with Crippen LogP contribution in [0.3, 0.4) is 0 Å². The van der Waals surface area contributed by atoms with Crippen LogP contribution < -0.4 is 16.4 Å². The summed E-state index contributed by atoms with van der Waals surface area (Å²) in [5, 5.41) is 8.81. The van der Waals surface area contributed by atoms with E-state index in [1.165, 1.54) is 42.2 Å². The lowest BCUT2D eigenvalue weighted by molar-refractivity contribution is 0.422. The van der Waals surface area contributed by atoms with Crippen LogP contribution in [0.2, 0.25) is 5.02 Å². The molecule has 1 heterocycles. The number of nitrogens with zero attached hydrogens (tertiary/aromatic N) is 3. The van der Waals surface area contributed by atoms with Crippen molar-refractivity contribution in [1.82, 2.24) is 0 Å². The van der Waals surface area contributed by atoms with E-state index in [4.69, 9.17) is 27.6 Å². The van der Waals surface area contributed by atoms with Crippen LogP contribution in [0.5, 0.6) is 0 Å². The first kappa shape index (κ1) is 39.9. The normalized spacial score (nSPS) is 14.3. The van der Waals surface area contributed by atoms with Crippen molar-refractivity contribution in [1.29, 1.82) is 5.26 Å². The van der Waals surface area contributed by atoms with Gasteiger partial charge >= 0.3 is 0 Å². The van der Waals surface area contributed by atoms with Crippen molar-refractivity contribution in [2.75, 3.05) is 11.4 Å². The van der Waals surface area contributed by atoms with Crippen LogP contribution in [0.4, 0.5) is 15.8 Å². The smallest absolute Gasteiger partial charge is 0.132 e. The molecule has 0 aromatic heterocycles. The molecule has 7 heteroatoms. The predicted molar refractivity (Wildman–Crippen MR) is 220 cm³/mol. The highest BCUT2D eigenvalue weighted by molar-refractivity contribution is 6.30. The highest BCUT2D eigenvalue weighted by atomic mass is 35.5. The molecule has 0 amide bonds. The van der Waals surface area contributed by atoms with Gasteiger partial charge in [0.2, 0.25) is 0 Å². The first-order chi connectivity index (χ1) is 25.1. The second-order valence-corrected chi connectivity index (χ2v) is 14.0. The van der Waals surface area contributed by atoms with Crippen molar-refractivity contribution in [3.05, 3.63) is 137 Å². The number of aliphatic imine (C=N–C) groups is 1. The van der Waals surface area contributed by atoms with Crippen LogP contribution in [-0.2, 0) is 19.3 Å². The van der Waals surface area contributed by atoms with Gasteiger partial charge in [0.15, 0.2) is 0 Å². The molecule has 0 spiro atoms. The maximum atomic E-state index is 15.9. The van der Waals surface area contributed by atoms with Crippen molar-refractivity contribution in [2.24, 2.45) is 22.4 Å². The molecule has 2 aliphatic rings. The molecule has 1 fully saturated rings. The van der Waals surface area contributed by atoms with Crippen molar-refractivity contribution < 1.29 is 4.39 Å². The third-order valence-corrected chi connectivity index (χ3v) is 10.1. The Morgan fingerprint density at radius 2 is 1.65 bits per heavy atom. The number of hydrogen-bond donors (Lipinski definition) is 2. The number of halogens is 2. The number of benzene rings is 4. The van der Waals surface area contributed by atoms with E-state index in [0.717, 1.165) is 77.3 Å². The SMILES string of the molecule is C=C(N)c1ccc2c(c1)N=C(c1ccc(CCc3cc(CC)ccc3-c3ccc(Cl)cc3)cc1F)CN2C1CCCCC1.C=CN.CCC(C)C#N. The molecule has 272 valence electrons. The van der Waals surface area contributed by atoms with Crippen molar-refractivity contribution in [3.63, 3.8) is 0 Å². The zero-order chi connectivity index (χ0) is 37.6. The molecular formula is C45H53ClFN5. The van der Waals surface area contributed by atoms with Crippen LogP contribution >= 0.6 is 11.6 Å². The lowest BCUT2D eigenvalue weighted by Gasteiger charge is -2.39. The first-order valence-electron chi connectivity index (χ1n) is 18.4. The van der Waals surface area contributed by atoms with Gasteiger partial charge in [0.1, 0.15) is 5.82 Å². The second-order valence-electron chi connectivity index (χ2n) is 13.5. The molecule has 1 unspecified atom stereocenters. The minimum atomic E-state index is -0.220. The summed E-state index contributed by atoms with van der Waals surface area (Å²) in [4.78, 5) is 7.42. The fourth-order valence-electron chi connectivity index (χ4n) is 6.65. The number of aryl methyl sites for hydroxylation is 3. The lowest BCUT2D eigenvalue weighted by atomic mass is 9.91. The number of nitrogens with two attached hydrogens (primary N) is 2. The van der Waals surface area contributed by atoms with E-state index < -0.39 is 0 Å². The van der Waals surface area contributed by atoms with Crippen LogP contribution in [-0.4, -0.2) is 18.3 Å². The van der Waals surface area contributed by atoms with Crippen molar-refractivity contribution in [2.45, 2.75) is 84.6 Å². The van der Waals surface area contributed by atoms with E-state index in [1.807, 2.05) is 44.2 Å². The molecule has 4 aromatic rings. The fraction of sp³-hybridized carbons (Fsp3) is 0.333. The molecule has 4 aromatic carbocycles. The number of hydrogen-bond acceptors (Lipinski definition) is 5. The van der Waals surface area contributed by atoms with E-state index in [9.17, 15) is 0 Å². The lowest BCUT2D eigenvalue weighted by Crippen LogP contribution is -2.42. The van der Waals surface area contributed by atoms with Crippen molar-refractivity contribution >= 4 is 34.4 Å². The molecule has 0 radical (unpaired) electrons. The Bertz CT molecular complexity index is 1890. The fourth-order valence-corrected chi connectivity index (χ4v) is 6.78. The molecule has 1 aliphatic carbocycles. The number of rotatable bonds is 9. The molecule has 1 atom stereocenters. The van der Waals surface area contributed by atoms with Gasteiger partial charge in [-0.3, -0.25) is 0 Å². The first-order valence-corrected chi connectivity index (χ1v) is 18.8. The summed E-state index contributed by atoms with van der Waals surface area (Å²) >= 11 is 6.15. The summed E-state index contributed by atoms with van der Waals surface area (Å²) in [5.41, 5.74) is 21.2. The summed E-state index contributed by atoms with van der Waals surface area (Å²) in [6, 6.07) is 29.0. The van der Waals surface area contributed by atoms with E-state index >= 15 is 4.39 Å². The predicted octanol–water partition coefficient (Wildman–Crippen LogP) is 11.3. The van der Waals surface area contributed by atoms with E-state index in [2.05, 4.69) is 79.2 Å². The summed E-state index contributed by atoms with van der Waals surface area (Å²) < 4.78 is 15.9. The van der Waals surface area contributed by atoms with Gasteiger partial charge in [-0.15, -0.1) is 0 Å². The van der Waals surface area contributed by atoms with Crippen LogP contribution in [0.15, 0.2) is 103 Å². The highest BCUT2D eigenvalue weighted by Crippen LogP contribution is 2.39. The maximum absolute atomic E-state index is 15.9. The van der Waals surface area contributed by atoms with E-state index in [1.54, 1.807) is 6.07 Å². The largest absolute Gasteiger partial charge is 0.405 e. The molecule has 0 bridgehead atoms. The minimum absolute atomic E-state index is 0.220. The molecule has 5 nitrogen and oxygen atoms in total. The summed E-state index contributed by atoms with van der Waals surface area (Å²) in [6.07, 6.45) is 10.8. The quantitative estimate of drug-likeness (QED) is 0.180. The van der Waals surface area contributed by atoms with Gasteiger partial charge in [-0.1, -0.05) is 100 Å². The Morgan fingerprint density at radius 1 is 0.981 bits per heavy atom. The van der Waals surface area contributed by atoms with Crippen molar-refractivity contribution in [3.8, 4) is 17.2 Å². The zero-order valence-corrected chi connectivity index (χ0v) is 31.7. The zero-order valence-electron chi connectivity index (χ0n) is 31.0. The molecular weight excluding hydrogens is 665 g/mol. The number of fused-ring (bicyclic) bond motifs is 1. The van der Waals surface area contributed by atoms with Crippen LogP contribution in [0.25, 0.3) is 16.8 Å². The topological polar surface area (TPSA) is 91.4 Å².